The smallest absolute Gasteiger partial charge is 0.0351 e. The maximum Gasteiger partial charge on any atom is 0.0351 e. The van der Waals surface area contributed by atoms with Gasteiger partial charge in [0.2, 0.25) is 0 Å². The van der Waals surface area contributed by atoms with E-state index in [1.165, 1.54) is 25.9 Å². The minimum Gasteiger partial charge on any atom is -0.302 e. The van der Waals surface area contributed by atoms with E-state index in [0.29, 0.717) is 0 Å². The molecule has 66 valence electrons. The molecule has 1 heterocycles. The second-order valence-electron chi connectivity index (χ2n) is 3.12. The number of likely N-dealkylation sites (tertiary alicyclic amines) is 1. The third-order valence-electron chi connectivity index (χ3n) is 2.29. The first-order chi connectivity index (χ1) is 5.36. The van der Waals surface area contributed by atoms with Crippen LogP contribution in [0.25, 0.3) is 0 Å². The Morgan fingerprint density at radius 3 is 2.73 bits per heavy atom. The van der Waals surface area contributed by atoms with Gasteiger partial charge in [0.1, 0.15) is 0 Å². The first kappa shape index (κ1) is 9.63. The van der Waals surface area contributed by atoms with E-state index < -0.39 is 0 Å². The highest BCUT2D eigenvalue weighted by Gasteiger charge is 2.20. The van der Waals surface area contributed by atoms with Gasteiger partial charge < -0.3 is 4.90 Å². The Hall–Kier alpha value is 0.540. The van der Waals surface area contributed by atoms with Crippen LogP contribution in [0.1, 0.15) is 12.8 Å². The molecule has 1 fully saturated rings. The zero-order valence-electron chi connectivity index (χ0n) is 6.73. The molecule has 0 aromatic heterocycles. The summed E-state index contributed by atoms with van der Waals surface area (Å²) < 4.78 is 0. The van der Waals surface area contributed by atoms with Crippen LogP contribution < -0.4 is 0 Å². The van der Waals surface area contributed by atoms with Crippen LogP contribution in [-0.4, -0.2) is 36.3 Å². The lowest BCUT2D eigenvalue weighted by molar-refractivity contribution is 0.342. The molecule has 0 bridgehead atoms. The molecule has 0 N–H and O–H groups in total. The van der Waals surface area contributed by atoms with Gasteiger partial charge in [-0.3, -0.25) is 0 Å². The van der Waals surface area contributed by atoms with E-state index in [2.05, 4.69) is 4.90 Å². The summed E-state index contributed by atoms with van der Waals surface area (Å²) in [4.78, 5) is 2.42. The van der Waals surface area contributed by atoms with E-state index >= 15 is 0 Å². The van der Waals surface area contributed by atoms with Crippen molar-refractivity contribution < 1.29 is 0 Å². The maximum absolute atomic E-state index is 5.66. The van der Waals surface area contributed by atoms with Crippen LogP contribution in [0.5, 0.6) is 0 Å². The van der Waals surface area contributed by atoms with Crippen LogP contribution in [0.15, 0.2) is 0 Å². The fraction of sp³-hybridized carbons (Fsp3) is 1.00. The lowest BCUT2D eigenvalue weighted by atomic mass is 10.1. The average Bonchev–Trinajstić information content (AvgIpc) is 2.38. The van der Waals surface area contributed by atoms with Gasteiger partial charge in [-0.15, -0.1) is 23.2 Å². The van der Waals surface area contributed by atoms with Crippen LogP contribution in [0.2, 0.25) is 0 Å². The van der Waals surface area contributed by atoms with Crippen molar-refractivity contribution in [2.24, 2.45) is 5.92 Å². The van der Waals surface area contributed by atoms with E-state index in [1.54, 1.807) is 0 Å². The maximum atomic E-state index is 5.66. The van der Waals surface area contributed by atoms with Crippen molar-refractivity contribution in [1.82, 2.24) is 4.90 Å². The Bertz CT molecular complexity index is 96.3. The molecule has 1 atom stereocenters. The van der Waals surface area contributed by atoms with E-state index in [0.717, 1.165) is 24.2 Å². The van der Waals surface area contributed by atoms with Gasteiger partial charge in [0.15, 0.2) is 0 Å². The van der Waals surface area contributed by atoms with Crippen LogP contribution in [0.3, 0.4) is 0 Å². The zero-order chi connectivity index (χ0) is 8.10. The number of halogens is 2. The minimum atomic E-state index is 0.758. The highest BCUT2D eigenvalue weighted by atomic mass is 35.5. The van der Waals surface area contributed by atoms with Crippen molar-refractivity contribution in [3.05, 3.63) is 0 Å². The summed E-state index contributed by atoms with van der Waals surface area (Å²) >= 11 is 11.3. The fourth-order valence-corrected chi connectivity index (χ4v) is 2.17. The van der Waals surface area contributed by atoms with Gasteiger partial charge in [0.05, 0.1) is 0 Å². The molecule has 1 unspecified atom stereocenters. The normalized spacial score (nSPS) is 26.2. The Balaban J connectivity index is 2.12. The zero-order valence-corrected chi connectivity index (χ0v) is 8.24. The predicted octanol–water partition coefficient (Wildman–Crippen LogP) is 2.18. The van der Waals surface area contributed by atoms with Gasteiger partial charge in [0, 0.05) is 24.8 Å². The number of hydrogen-bond donors (Lipinski definition) is 0. The topological polar surface area (TPSA) is 3.24 Å². The van der Waals surface area contributed by atoms with Crippen molar-refractivity contribution in [3.8, 4) is 0 Å². The summed E-state index contributed by atoms with van der Waals surface area (Å²) in [6.07, 6.45) is 2.48. The van der Waals surface area contributed by atoms with Gasteiger partial charge in [0.25, 0.3) is 0 Å². The van der Waals surface area contributed by atoms with Crippen molar-refractivity contribution in [2.45, 2.75) is 12.8 Å². The van der Waals surface area contributed by atoms with Gasteiger partial charge >= 0.3 is 0 Å². The summed E-state index contributed by atoms with van der Waals surface area (Å²) in [7, 11) is 0. The Labute approximate surface area is 78.7 Å². The summed E-state index contributed by atoms with van der Waals surface area (Å²) in [6, 6.07) is 0. The quantitative estimate of drug-likeness (QED) is 0.623. The number of nitrogens with zero attached hydrogens (tertiary/aromatic N) is 1. The minimum absolute atomic E-state index is 0.758. The highest BCUT2D eigenvalue weighted by Crippen LogP contribution is 2.19. The molecule has 0 aliphatic carbocycles. The summed E-state index contributed by atoms with van der Waals surface area (Å²) in [5.41, 5.74) is 0. The van der Waals surface area contributed by atoms with Crippen LogP contribution >= 0.6 is 23.2 Å². The van der Waals surface area contributed by atoms with Crippen molar-refractivity contribution in [1.29, 1.82) is 0 Å². The fourth-order valence-electron chi connectivity index (χ4n) is 1.63. The first-order valence-corrected chi connectivity index (χ1v) is 5.28. The molecule has 1 saturated heterocycles. The molecule has 1 aliphatic heterocycles. The molecular formula is C8H15Cl2N. The molecule has 1 nitrogen and oxygen atoms in total. The molecule has 0 aromatic carbocycles. The van der Waals surface area contributed by atoms with Crippen molar-refractivity contribution in [3.63, 3.8) is 0 Å². The molecule has 0 spiro atoms. The van der Waals surface area contributed by atoms with Crippen molar-refractivity contribution >= 4 is 23.2 Å². The van der Waals surface area contributed by atoms with E-state index in [-0.39, 0.29) is 0 Å². The van der Waals surface area contributed by atoms with Crippen LogP contribution in [-0.2, 0) is 0 Å². The van der Waals surface area contributed by atoms with Gasteiger partial charge in [-0.25, -0.2) is 0 Å². The third kappa shape index (κ3) is 3.18. The molecule has 0 amide bonds. The Morgan fingerprint density at radius 2 is 2.09 bits per heavy atom. The standard InChI is InChI=1S/C8H15Cl2N/c9-3-1-8-2-5-11(7-8)6-4-10/h8H,1-7H2. The van der Waals surface area contributed by atoms with E-state index in [1.807, 2.05) is 0 Å². The van der Waals surface area contributed by atoms with E-state index in [9.17, 15) is 0 Å². The molecule has 1 rings (SSSR count). The largest absolute Gasteiger partial charge is 0.302 e. The summed E-state index contributed by atoms with van der Waals surface area (Å²) in [5.74, 6) is 2.39. The number of rotatable bonds is 4. The molecule has 11 heavy (non-hydrogen) atoms. The highest BCUT2D eigenvalue weighted by molar-refractivity contribution is 6.18. The van der Waals surface area contributed by atoms with Gasteiger partial charge in [-0.05, 0) is 25.3 Å². The van der Waals surface area contributed by atoms with Crippen LogP contribution in [0.4, 0.5) is 0 Å². The number of hydrogen-bond acceptors (Lipinski definition) is 1. The molecular weight excluding hydrogens is 181 g/mol. The third-order valence-corrected chi connectivity index (χ3v) is 2.68. The Morgan fingerprint density at radius 1 is 1.27 bits per heavy atom. The average molecular weight is 196 g/mol. The first-order valence-electron chi connectivity index (χ1n) is 4.21. The predicted molar refractivity (Wildman–Crippen MR) is 50.6 cm³/mol. The molecule has 0 radical (unpaired) electrons. The second-order valence-corrected chi connectivity index (χ2v) is 3.88. The Kier molecular flexibility index (Phi) is 4.58. The summed E-state index contributed by atoms with van der Waals surface area (Å²) in [5, 5.41) is 0. The van der Waals surface area contributed by atoms with Crippen molar-refractivity contribution in [2.75, 3.05) is 31.4 Å². The second kappa shape index (κ2) is 5.23. The molecule has 1 aliphatic rings. The lowest BCUT2D eigenvalue weighted by Crippen LogP contribution is -2.22. The SMILES string of the molecule is ClCCC1CCN(CCCl)C1. The van der Waals surface area contributed by atoms with E-state index in [4.69, 9.17) is 23.2 Å². The van der Waals surface area contributed by atoms with Crippen LogP contribution in [0, 0.1) is 5.92 Å². The lowest BCUT2D eigenvalue weighted by Gasteiger charge is -2.12. The molecule has 0 aromatic rings. The van der Waals surface area contributed by atoms with Gasteiger partial charge in [-0.1, -0.05) is 0 Å². The number of alkyl halides is 2. The molecule has 3 heteroatoms. The monoisotopic (exact) mass is 195 g/mol. The molecule has 0 saturated carbocycles. The van der Waals surface area contributed by atoms with Gasteiger partial charge in [-0.2, -0.15) is 0 Å². The summed E-state index contributed by atoms with van der Waals surface area (Å²) in [6.45, 7) is 3.47.